The van der Waals surface area contributed by atoms with Crippen LogP contribution in [-0.4, -0.2) is 23.5 Å². The lowest BCUT2D eigenvalue weighted by atomic mass is 9.86. The highest BCUT2D eigenvalue weighted by Crippen LogP contribution is 2.24. The van der Waals surface area contributed by atoms with Gasteiger partial charge >= 0.3 is 0 Å². The molecule has 2 N–H and O–H groups in total. The maximum atomic E-state index is 6.47. The first-order valence-electron chi connectivity index (χ1n) is 6.77. The summed E-state index contributed by atoms with van der Waals surface area (Å²) in [5.41, 5.74) is 7.93. The van der Waals surface area contributed by atoms with E-state index in [-0.39, 0.29) is 5.54 Å². The maximum Gasteiger partial charge on any atom is 0.0283 e. The van der Waals surface area contributed by atoms with Gasteiger partial charge in [-0.05, 0) is 31.4 Å². The Kier molecular flexibility index (Phi) is 4.19. The number of hydrogen-bond donors (Lipinski definition) is 1. The molecule has 0 saturated carbocycles. The van der Waals surface area contributed by atoms with Crippen molar-refractivity contribution in [1.82, 2.24) is 4.90 Å². The van der Waals surface area contributed by atoms with Crippen LogP contribution in [0.15, 0.2) is 30.3 Å². The molecule has 1 aliphatic heterocycles. The maximum absolute atomic E-state index is 6.47. The number of hydrogen-bond acceptors (Lipinski definition) is 2. The van der Waals surface area contributed by atoms with Crippen LogP contribution < -0.4 is 5.73 Å². The van der Waals surface area contributed by atoms with Crippen LogP contribution in [0.2, 0.25) is 0 Å². The Morgan fingerprint density at radius 1 is 1.29 bits per heavy atom. The minimum absolute atomic E-state index is 0.0573. The molecule has 2 heteroatoms. The molecule has 1 unspecified atom stereocenters. The molecule has 94 valence electrons. The van der Waals surface area contributed by atoms with Gasteiger partial charge in [0.15, 0.2) is 0 Å². The smallest absolute Gasteiger partial charge is 0.0283 e. The lowest BCUT2D eigenvalue weighted by molar-refractivity contribution is 0.136. The summed E-state index contributed by atoms with van der Waals surface area (Å²) >= 11 is 0. The predicted octanol–water partition coefficient (Wildman–Crippen LogP) is 2.78. The Morgan fingerprint density at radius 2 is 2.06 bits per heavy atom. The lowest BCUT2D eigenvalue weighted by Crippen LogP contribution is -2.53. The van der Waals surface area contributed by atoms with Crippen molar-refractivity contribution in [3.05, 3.63) is 35.9 Å². The van der Waals surface area contributed by atoms with E-state index in [1.807, 2.05) is 0 Å². The molecule has 0 aliphatic carbocycles. The van der Waals surface area contributed by atoms with Crippen LogP contribution in [0, 0.1) is 0 Å². The standard InChI is InChI=1S/C15H24N2/c1-2-9-15(16)10-6-11-17(13-15)12-14-7-4-3-5-8-14/h3-5,7-8H,2,6,9-13,16H2,1H3. The molecular weight excluding hydrogens is 208 g/mol. The largest absolute Gasteiger partial charge is 0.324 e. The van der Waals surface area contributed by atoms with Crippen molar-refractivity contribution in [2.45, 2.75) is 44.7 Å². The summed E-state index contributed by atoms with van der Waals surface area (Å²) in [5, 5.41) is 0. The molecule has 0 radical (unpaired) electrons. The van der Waals surface area contributed by atoms with E-state index in [0.29, 0.717) is 0 Å². The number of likely N-dealkylation sites (tertiary alicyclic amines) is 1. The van der Waals surface area contributed by atoms with Gasteiger partial charge < -0.3 is 5.73 Å². The zero-order chi connectivity index (χ0) is 12.1. The van der Waals surface area contributed by atoms with Crippen molar-refractivity contribution in [1.29, 1.82) is 0 Å². The van der Waals surface area contributed by atoms with E-state index in [2.05, 4.69) is 42.2 Å². The first-order valence-corrected chi connectivity index (χ1v) is 6.77. The van der Waals surface area contributed by atoms with E-state index < -0.39 is 0 Å². The normalized spacial score (nSPS) is 26.0. The Bertz CT molecular complexity index is 332. The Morgan fingerprint density at radius 3 is 2.76 bits per heavy atom. The van der Waals surface area contributed by atoms with Crippen molar-refractivity contribution in [2.75, 3.05) is 13.1 Å². The van der Waals surface area contributed by atoms with Crippen LogP contribution in [0.3, 0.4) is 0 Å². The van der Waals surface area contributed by atoms with Gasteiger partial charge in [0.05, 0.1) is 0 Å². The Labute approximate surface area is 105 Å². The average Bonchev–Trinajstić information content (AvgIpc) is 2.30. The van der Waals surface area contributed by atoms with Crippen molar-refractivity contribution >= 4 is 0 Å². The van der Waals surface area contributed by atoms with Crippen LogP contribution in [0.5, 0.6) is 0 Å². The third-order valence-corrected chi connectivity index (χ3v) is 3.68. The molecule has 1 aromatic carbocycles. The monoisotopic (exact) mass is 232 g/mol. The number of piperidine rings is 1. The van der Waals surface area contributed by atoms with Crippen LogP contribution in [0.4, 0.5) is 0 Å². The highest BCUT2D eigenvalue weighted by molar-refractivity contribution is 5.14. The molecule has 2 nitrogen and oxygen atoms in total. The van der Waals surface area contributed by atoms with Crippen LogP contribution in [0.25, 0.3) is 0 Å². The van der Waals surface area contributed by atoms with E-state index in [4.69, 9.17) is 5.73 Å². The van der Waals surface area contributed by atoms with Crippen molar-refractivity contribution in [3.63, 3.8) is 0 Å². The molecule has 0 bridgehead atoms. The first-order chi connectivity index (χ1) is 8.22. The predicted molar refractivity (Wildman–Crippen MR) is 72.8 cm³/mol. The SMILES string of the molecule is CCCC1(N)CCCN(Cc2ccccc2)C1. The topological polar surface area (TPSA) is 29.3 Å². The second-order valence-electron chi connectivity index (χ2n) is 5.41. The first kappa shape index (κ1) is 12.6. The molecule has 0 spiro atoms. The number of nitrogens with two attached hydrogens (primary N) is 1. The second kappa shape index (κ2) is 5.65. The van der Waals surface area contributed by atoms with Gasteiger partial charge in [0, 0.05) is 18.6 Å². The molecule has 1 aliphatic rings. The zero-order valence-electron chi connectivity index (χ0n) is 10.9. The molecule has 1 saturated heterocycles. The van der Waals surface area contributed by atoms with Crippen molar-refractivity contribution in [3.8, 4) is 0 Å². The van der Waals surface area contributed by atoms with Crippen molar-refractivity contribution in [2.24, 2.45) is 5.73 Å². The quantitative estimate of drug-likeness (QED) is 0.865. The summed E-state index contributed by atoms with van der Waals surface area (Å²) in [6.45, 7) is 5.52. The van der Waals surface area contributed by atoms with Crippen molar-refractivity contribution < 1.29 is 0 Å². The van der Waals surface area contributed by atoms with E-state index in [0.717, 1.165) is 19.5 Å². The second-order valence-corrected chi connectivity index (χ2v) is 5.41. The molecule has 1 heterocycles. The van der Waals surface area contributed by atoms with Gasteiger partial charge in [-0.1, -0.05) is 43.7 Å². The van der Waals surface area contributed by atoms with E-state index in [9.17, 15) is 0 Å². The summed E-state index contributed by atoms with van der Waals surface area (Å²) in [6, 6.07) is 10.7. The van der Waals surface area contributed by atoms with E-state index in [1.165, 1.54) is 31.4 Å². The highest BCUT2D eigenvalue weighted by atomic mass is 15.2. The summed E-state index contributed by atoms with van der Waals surface area (Å²) in [5.74, 6) is 0. The third-order valence-electron chi connectivity index (χ3n) is 3.68. The summed E-state index contributed by atoms with van der Waals surface area (Å²) in [4.78, 5) is 2.51. The molecular formula is C15H24N2. The molecule has 0 aromatic heterocycles. The van der Waals surface area contributed by atoms with Gasteiger partial charge in [0.25, 0.3) is 0 Å². The molecule has 1 fully saturated rings. The minimum atomic E-state index is 0.0573. The lowest BCUT2D eigenvalue weighted by Gasteiger charge is -2.40. The van der Waals surface area contributed by atoms with E-state index >= 15 is 0 Å². The fourth-order valence-corrected chi connectivity index (χ4v) is 2.94. The summed E-state index contributed by atoms with van der Waals surface area (Å²) in [7, 11) is 0. The average molecular weight is 232 g/mol. The van der Waals surface area contributed by atoms with Gasteiger partial charge in [0.1, 0.15) is 0 Å². The van der Waals surface area contributed by atoms with Crippen LogP contribution in [-0.2, 0) is 6.54 Å². The van der Waals surface area contributed by atoms with Gasteiger partial charge in [-0.25, -0.2) is 0 Å². The van der Waals surface area contributed by atoms with Gasteiger partial charge in [-0.3, -0.25) is 4.90 Å². The van der Waals surface area contributed by atoms with Crippen LogP contribution in [0.1, 0.15) is 38.2 Å². The van der Waals surface area contributed by atoms with Gasteiger partial charge in [0.2, 0.25) is 0 Å². The number of benzene rings is 1. The summed E-state index contributed by atoms with van der Waals surface area (Å²) < 4.78 is 0. The molecule has 2 rings (SSSR count). The highest BCUT2D eigenvalue weighted by Gasteiger charge is 2.30. The van der Waals surface area contributed by atoms with Gasteiger partial charge in [-0.15, -0.1) is 0 Å². The molecule has 0 amide bonds. The third kappa shape index (κ3) is 3.55. The van der Waals surface area contributed by atoms with Gasteiger partial charge in [-0.2, -0.15) is 0 Å². The molecule has 17 heavy (non-hydrogen) atoms. The molecule has 1 atom stereocenters. The fraction of sp³-hybridized carbons (Fsp3) is 0.600. The Balaban J connectivity index is 1.94. The fourth-order valence-electron chi connectivity index (χ4n) is 2.94. The Hall–Kier alpha value is -0.860. The molecule has 1 aromatic rings. The zero-order valence-corrected chi connectivity index (χ0v) is 10.9. The number of nitrogens with zero attached hydrogens (tertiary/aromatic N) is 1. The number of rotatable bonds is 4. The summed E-state index contributed by atoms with van der Waals surface area (Å²) in [6.07, 6.45) is 4.77. The van der Waals surface area contributed by atoms with E-state index in [1.54, 1.807) is 0 Å². The minimum Gasteiger partial charge on any atom is -0.324 e. The van der Waals surface area contributed by atoms with Crippen LogP contribution >= 0.6 is 0 Å².